The monoisotopic (exact) mass is 362 g/mol. The molecule has 5 heteroatoms. The molecule has 4 aromatic rings. The number of fused-ring (bicyclic) bond motifs is 1. The second kappa shape index (κ2) is 7.14. The number of aryl methyl sites for hydroxylation is 1. The zero-order valence-electron chi connectivity index (χ0n) is 14.4. The second-order valence-electron chi connectivity index (χ2n) is 6.05. The van der Waals surface area contributed by atoms with Crippen LogP contribution >= 0.6 is 11.3 Å². The minimum atomic E-state index is -0.0776. The molecule has 0 atom stereocenters. The van der Waals surface area contributed by atoms with Crippen LogP contribution in [-0.4, -0.2) is 17.4 Å². The molecule has 2 aromatic carbocycles. The van der Waals surface area contributed by atoms with Crippen LogP contribution in [0.1, 0.15) is 21.7 Å². The van der Waals surface area contributed by atoms with Crippen LogP contribution in [0.25, 0.3) is 10.2 Å². The lowest BCUT2D eigenvalue weighted by Gasteiger charge is -2.19. The van der Waals surface area contributed by atoms with Crippen LogP contribution in [0.5, 0.6) is 0 Å². The molecule has 4 nitrogen and oxygen atoms in total. The molecule has 0 aliphatic rings. The third-order valence-electron chi connectivity index (χ3n) is 4.31. The topological polar surface area (TPSA) is 46.3 Å². The summed E-state index contributed by atoms with van der Waals surface area (Å²) in [6, 6.07) is 19.8. The minimum absolute atomic E-state index is 0.0776. The van der Waals surface area contributed by atoms with Crippen molar-refractivity contribution in [2.75, 3.05) is 11.4 Å². The smallest absolute Gasteiger partial charge is 0.263 e. The maximum absolute atomic E-state index is 13.2. The summed E-state index contributed by atoms with van der Waals surface area (Å²) >= 11 is 1.54. The maximum Gasteiger partial charge on any atom is 0.263 e. The Morgan fingerprint density at radius 2 is 1.85 bits per heavy atom. The fourth-order valence-corrected chi connectivity index (χ4v) is 3.89. The molecular weight excluding hydrogens is 344 g/mol. The van der Waals surface area contributed by atoms with E-state index in [2.05, 4.69) is 17.1 Å². The predicted molar refractivity (Wildman–Crippen MR) is 105 cm³/mol. The predicted octanol–water partition coefficient (Wildman–Crippen LogP) is 5.09. The second-order valence-corrected chi connectivity index (χ2v) is 7.06. The van der Waals surface area contributed by atoms with Crippen molar-refractivity contribution in [3.05, 3.63) is 83.8 Å². The summed E-state index contributed by atoms with van der Waals surface area (Å²) in [5, 5.41) is 0.715. The number of nitrogens with zero attached hydrogens (tertiary/aromatic N) is 2. The molecule has 4 rings (SSSR count). The first-order valence-electron chi connectivity index (χ1n) is 8.48. The number of para-hydroxylation sites is 1. The largest absolute Gasteiger partial charge is 0.469 e. The van der Waals surface area contributed by atoms with Crippen LogP contribution in [0.2, 0.25) is 0 Å². The third-order valence-corrected chi connectivity index (χ3v) is 5.37. The van der Waals surface area contributed by atoms with Crippen molar-refractivity contribution in [3.8, 4) is 0 Å². The number of anilines is 1. The first kappa shape index (κ1) is 16.5. The van der Waals surface area contributed by atoms with Crippen molar-refractivity contribution in [2.24, 2.45) is 0 Å². The number of hydrogen-bond donors (Lipinski definition) is 0. The zero-order valence-corrected chi connectivity index (χ0v) is 15.2. The van der Waals surface area contributed by atoms with Crippen LogP contribution in [0, 0.1) is 6.92 Å². The molecule has 0 fully saturated rings. The molecule has 0 aliphatic heterocycles. The summed E-state index contributed by atoms with van der Waals surface area (Å²) in [4.78, 5) is 19.6. The number of rotatable bonds is 5. The molecule has 0 aliphatic carbocycles. The Kier molecular flexibility index (Phi) is 4.54. The summed E-state index contributed by atoms with van der Waals surface area (Å²) < 4.78 is 6.40. The van der Waals surface area contributed by atoms with Gasteiger partial charge in [-0.1, -0.05) is 53.8 Å². The molecule has 130 valence electrons. The van der Waals surface area contributed by atoms with Crippen molar-refractivity contribution in [3.63, 3.8) is 0 Å². The van der Waals surface area contributed by atoms with Gasteiger partial charge in [-0.25, -0.2) is 4.98 Å². The normalized spacial score (nSPS) is 11.0. The first-order chi connectivity index (χ1) is 12.7. The number of hydrogen-bond acceptors (Lipinski definition) is 4. The van der Waals surface area contributed by atoms with Crippen LogP contribution in [0.15, 0.2) is 71.3 Å². The fourth-order valence-electron chi connectivity index (χ4n) is 2.90. The van der Waals surface area contributed by atoms with Crippen molar-refractivity contribution >= 4 is 32.6 Å². The number of carbonyl (C=O) groups excluding carboxylic acids is 1. The highest BCUT2D eigenvalue weighted by molar-refractivity contribution is 7.22. The van der Waals surface area contributed by atoms with E-state index in [1.54, 1.807) is 24.2 Å². The van der Waals surface area contributed by atoms with Gasteiger partial charge in [-0.2, -0.15) is 0 Å². The van der Waals surface area contributed by atoms with Crippen LogP contribution in [0.3, 0.4) is 0 Å². The molecule has 0 saturated heterocycles. The highest BCUT2D eigenvalue weighted by Gasteiger charge is 2.23. The number of thiazole rings is 1. The average molecular weight is 362 g/mol. The Morgan fingerprint density at radius 1 is 1.08 bits per heavy atom. The van der Waals surface area contributed by atoms with Crippen molar-refractivity contribution in [2.45, 2.75) is 13.3 Å². The van der Waals surface area contributed by atoms with Gasteiger partial charge in [0.25, 0.3) is 5.91 Å². The van der Waals surface area contributed by atoms with Gasteiger partial charge in [0, 0.05) is 6.54 Å². The number of amides is 1. The first-order valence-corrected chi connectivity index (χ1v) is 9.29. The van der Waals surface area contributed by atoms with Gasteiger partial charge in [-0.05, 0) is 37.1 Å². The lowest BCUT2D eigenvalue weighted by Crippen LogP contribution is -2.33. The van der Waals surface area contributed by atoms with E-state index in [1.165, 1.54) is 16.9 Å². The van der Waals surface area contributed by atoms with Gasteiger partial charge in [0.15, 0.2) is 5.13 Å². The van der Waals surface area contributed by atoms with Crippen molar-refractivity contribution < 1.29 is 9.21 Å². The van der Waals surface area contributed by atoms with E-state index < -0.39 is 0 Å². The van der Waals surface area contributed by atoms with E-state index in [1.807, 2.05) is 42.5 Å². The molecule has 2 heterocycles. The van der Waals surface area contributed by atoms with Gasteiger partial charge < -0.3 is 4.42 Å². The van der Waals surface area contributed by atoms with E-state index in [0.29, 0.717) is 23.0 Å². The van der Waals surface area contributed by atoms with Crippen molar-refractivity contribution in [1.82, 2.24) is 4.98 Å². The fraction of sp³-hybridized carbons (Fsp3) is 0.143. The van der Waals surface area contributed by atoms with Gasteiger partial charge in [0.05, 0.1) is 22.0 Å². The number of benzene rings is 2. The lowest BCUT2D eigenvalue weighted by molar-refractivity contribution is 0.0986. The average Bonchev–Trinajstić information content (AvgIpc) is 3.28. The molecule has 1 amide bonds. The SMILES string of the molecule is Cc1occc1C(=O)N(CCc1ccccc1)c1nc2ccccc2s1. The van der Waals surface area contributed by atoms with E-state index in [4.69, 9.17) is 4.42 Å². The Hall–Kier alpha value is -2.92. The highest BCUT2D eigenvalue weighted by Crippen LogP contribution is 2.30. The lowest BCUT2D eigenvalue weighted by atomic mass is 10.1. The van der Waals surface area contributed by atoms with Gasteiger partial charge in [-0.15, -0.1) is 0 Å². The van der Waals surface area contributed by atoms with Gasteiger partial charge in [0.2, 0.25) is 0 Å². The Morgan fingerprint density at radius 3 is 2.58 bits per heavy atom. The summed E-state index contributed by atoms with van der Waals surface area (Å²) in [5.41, 5.74) is 2.68. The van der Waals surface area contributed by atoms with Gasteiger partial charge >= 0.3 is 0 Å². The maximum atomic E-state index is 13.2. The molecule has 0 saturated carbocycles. The van der Waals surface area contributed by atoms with Crippen LogP contribution in [0.4, 0.5) is 5.13 Å². The molecule has 0 unspecified atom stereocenters. The van der Waals surface area contributed by atoms with E-state index in [0.717, 1.165) is 16.6 Å². The third kappa shape index (κ3) is 3.26. The molecule has 0 spiro atoms. The summed E-state index contributed by atoms with van der Waals surface area (Å²) in [7, 11) is 0. The number of aromatic nitrogens is 1. The molecule has 0 N–H and O–H groups in total. The van der Waals surface area contributed by atoms with E-state index in [9.17, 15) is 4.79 Å². The zero-order chi connectivity index (χ0) is 17.9. The van der Waals surface area contributed by atoms with E-state index in [-0.39, 0.29) is 5.91 Å². The number of furan rings is 1. The summed E-state index contributed by atoms with van der Waals surface area (Å²) in [6.07, 6.45) is 2.32. The molecule has 0 radical (unpaired) electrons. The molecule has 0 bridgehead atoms. The Labute approximate surface area is 155 Å². The van der Waals surface area contributed by atoms with Crippen LogP contribution in [-0.2, 0) is 6.42 Å². The van der Waals surface area contributed by atoms with Crippen LogP contribution < -0.4 is 4.90 Å². The highest BCUT2D eigenvalue weighted by atomic mass is 32.1. The Bertz CT molecular complexity index is 1000. The Balaban J connectivity index is 1.68. The standard InChI is InChI=1S/C21H18N2O2S/c1-15-17(12-14-25-15)20(24)23(13-11-16-7-3-2-4-8-16)21-22-18-9-5-6-10-19(18)26-21/h2-10,12,14H,11,13H2,1H3. The molecule has 2 aromatic heterocycles. The summed E-state index contributed by atoms with van der Waals surface area (Å²) in [5.74, 6) is 0.548. The van der Waals surface area contributed by atoms with Gasteiger partial charge in [0.1, 0.15) is 5.76 Å². The van der Waals surface area contributed by atoms with E-state index >= 15 is 0 Å². The quantitative estimate of drug-likeness (QED) is 0.497. The van der Waals surface area contributed by atoms with Gasteiger partial charge in [-0.3, -0.25) is 9.69 Å². The minimum Gasteiger partial charge on any atom is -0.469 e. The molecular formula is C21H18N2O2S. The summed E-state index contributed by atoms with van der Waals surface area (Å²) in [6.45, 7) is 2.37. The van der Waals surface area contributed by atoms with Crippen molar-refractivity contribution in [1.29, 1.82) is 0 Å². The molecule has 26 heavy (non-hydrogen) atoms. The number of carbonyl (C=O) groups is 1.